The van der Waals surface area contributed by atoms with Gasteiger partial charge in [-0.25, -0.2) is 8.42 Å². The van der Waals surface area contributed by atoms with Crippen LogP contribution in [0.15, 0.2) is 53.4 Å². The van der Waals surface area contributed by atoms with E-state index >= 15 is 0 Å². The van der Waals surface area contributed by atoms with E-state index in [9.17, 15) is 13.2 Å². The highest BCUT2D eigenvalue weighted by Gasteiger charge is 2.16. The van der Waals surface area contributed by atoms with Crippen LogP contribution < -0.4 is 15.0 Å². The van der Waals surface area contributed by atoms with Crippen molar-refractivity contribution in [2.24, 2.45) is 0 Å². The number of hydrogen-bond donors (Lipinski definition) is 2. The summed E-state index contributed by atoms with van der Waals surface area (Å²) in [4.78, 5) is 13.2. The predicted octanol–water partition coefficient (Wildman–Crippen LogP) is 1.28. The molecule has 0 saturated carbocycles. The van der Waals surface area contributed by atoms with Crippen LogP contribution in [0.3, 0.4) is 0 Å². The standard InChI is InChI=1S/C18H21ClN2O4S/c1-21(11-12-25-15-9-7-14(19)8-10-15)13-18(22)20-16-5-3-4-6-17(16)26(2,23)24/h3-10H,11-13H2,1-2H3,(H,20,22)/p+1. The SMILES string of the molecule is C[NH+](CCOc1ccc(Cl)cc1)CC(=O)Nc1ccccc1S(C)(=O)=O. The zero-order valence-electron chi connectivity index (χ0n) is 14.7. The molecule has 0 heterocycles. The molecule has 2 rings (SSSR count). The minimum atomic E-state index is -3.41. The van der Waals surface area contributed by atoms with E-state index in [-0.39, 0.29) is 17.3 Å². The van der Waals surface area contributed by atoms with E-state index in [1.54, 1.807) is 42.5 Å². The number of anilines is 1. The molecule has 0 fully saturated rings. The van der Waals surface area contributed by atoms with E-state index in [1.807, 2.05) is 7.05 Å². The molecule has 1 atom stereocenters. The number of rotatable bonds is 8. The summed E-state index contributed by atoms with van der Waals surface area (Å²) in [5.41, 5.74) is 0.296. The molecule has 140 valence electrons. The van der Waals surface area contributed by atoms with Gasteiger partial charge in [-0.1, -0.05) is 23.7 Å². The summed E-state index contributed by atoms with van der Waals surface area (Å²) in [6.07, 6.45) is 1.11. The lowest BCUT2D eigenvalue weighted by Crippen LogP contribution is -3.10. The van der Waals surface area contributed by atoms with Crippen molar-refractivity contribution in [2.45, 2.75) is 4.90 Å². The molecule has 0 saturated heterocycles. The van der Waals surface area contributed by atoms with Crippen LogP contribution in [0.4, 0.5) is 5.69 Å². The maximum absolute atomic E-state index is 12.2. The van der Waals surface area contributed by atoms with Crippen LogP contribution in [-0.2, 0) is 14.6 Å². The van der Waals surface area contributed by atoms with Crippen LogP contribution in [0, 0.1) is 0 Å². The molecular formula is C18H22ClN2O4S+. The molecular weight excluding hydrogens is 376 g/mol. The van der Waals surface area contributed by atoms with E-state index in [4.69, 9.17) is 16.3 Å². The lowest BCUT2D eigenvalue weighted by atomic mass is 10.3. The van der Waals surface area contributed by atoms with E-state index in [0.29, 0.717) is 29.6 Å². The first-order chi connectivity index (χ1) is 12.3. The molecule has 2 N–H and O–H groups in total. The van der Waals surface area contributed by atoms with E-state index in [2.05, 4.69) is 5.32 Å². The molecule has 8 heteroatoms. The fourth-order valence-corrected chi connectivity index (χ4v) is 3.29. The molecule has 26 heavy (non-hydrogen) atoms. The summed E-state index contributed by atoms with van der Waals surface area (Å²) < 4.78 is 29.2. The lowest BCUT2D eigenvalue weighted by Gasteiger charge is -2.15. The summed E-state index contributed by atoms with van der Waals surface area (Å²) in [6, 6.07) is 13.4. The Hall–Kier alpha value is -2.09. The van der Waals surface area contributed by atoms with Gasteiger partial charge in [0.05, 0.1) is 17.6 Å². The van der Waals surface area contributed by atoms with E-state index in [0.717, 1.165) is 11.2 Å². The van der Waals surface area contributed by atoms with Crippen molar-refractivity contribution in [3.8, 4) is 5.75 Å². The molecule has 0 aliphatic heterocycles. The number of halogens is 1. The normalized spacial score (nSPS) is 12.4. The highest BCUT2D eigenvalue weighted by Crippen LogP contribution is 2.20. The number of hydrogen-bond acceptors (Lipinski definition) is 4. The van der Waals surface area contributed by atoms with Crippen LogP contribution in [0.5, 0.6) is 5.75 Å². The van der Waals surface area contributed by atoms with Crippen LogP contribution >= 0.6 is 11.6 Å². The van der Waals surface area contributed by atoms with Crippen molar-refractivity contribution in [1.29, 1.82) is 0 Å². The number of carbonyl (C=O) groups excluding carboxylic acids is 1. The minimum Gasteiger partial charge on any atom is -0.488 e. The topological polar surface area (TPSA) is 76.9 Å². The smallest absolute Gasteiger partial charge is 0.279 e. The second-order valence-corrected chi connectivity index (χ2v) is 8.42. The number of carbonyl (C=O) groups is 1. The Balaban J connectivity index is 1.83. The van der Waals surface area contributed by atoms with Gasteiger partial charge in [-0.15, -0.1) is 0 Å². The molecule has 0 aliphatic carbocycles. The van der Waals surface area contributed by atoms with Gasteiger partial charge < -0.3 is 15.0 Å². The van der Waals surface area contributed by atoms with Crippen molar-refractivity contribution < 1.29 is 22.8 Å². The monoisotopic (exact) mass is 397 g/mol. The molecule has 0 bridgehead atoms. The zero-order chi connectivity index (χ0) is 19.2. The second-order valence-electron chi connectivity index (χ2n) is 6.00. The van der Waals surface area contributed by atoms with Crippen LogP contribution in [0.1, 0.15) is 0 Å². The first-order valence-corrected chi connectivity index (χ1v) is 10.3. The Kier molecular flexibility index (Phi) is 7.02. The molecule has 0 radical (unpaired) electrons. The van der Waals surface area contributed by atoms with Crippen LogP contribution in [0.25, 0.3) is 0 Å². The Bertz CT molecular complexity index is 854. The average molecular weight is 398 g/mol. The number of para-hydroxylation sites is 1. The van der Waals surface area contributed by atoms with Crippen LogP contribution in [0.2, 0.25) is 5.02 Å². The van der Waals surface area contributed by atoms with Gasteiger partial charge in [-0.3, -0.25) is 4.79 Å². The van der Waals surface area contributed by atoms with Gasteiger partial charge in [-0.2, -0.15) is 0 Å². The number of amides is 1. The largest absolute Gasteiger partial charge is 0.488 e. The second kappa shape index (κ2) is 9.02. The van der Waals surface area contributed by atoms with E-state index in [1.165, 1.54) is 6.07 Å². The molecule has 0 spiro atoms. The lowest BCUT2D eigenvalue weighted by molar-refractivity contribution is -0.871. The Labute approximate surface area is 158 Å². The molecule has 2 aromatic rings. The van der Waals surface area contributed by atoms with Gasteiger partial charge in [0.1, 0.15) is 18.9 Å². The summed E-state index contributed by atoms with van der Waals surface area (Å²) in [6.45, 7) is 1.26. The van der Waals surface area contributed by atoms with Gasteiger partial charge in [-0.05, 0) is 36.4 Å². The van der Waals surface area contributed by atoms with Gasteiger partial charge in [0.25, 0.3) is 5.91 Å². The Morgan fingerprint density at radius 1 is 1.15 bits per heavy atom. The third-order valence-electron chi connectivity index (χ3n) is 3.63. The van der Waals surface area contributed by atoms with Crippen LogP contribution in [-0.4, -0.2) is 47.3 Å². The first-order valence-electron chi connectivity index (χ1n) is 8.04. The number of likely N-dealkylation sites (N-methyl/N-ethyl adjacent to an activating group) is 1. The van der Waals surface area contributed by atoms with E-state index < -0.39 is 9.84 Å². The number of quaternary nitrogens is 1. The van der Waals surface area contributed by atoms with Gasteiger partial charge >= 0.3 is 0 Å². The van der Waals surface area contributed by atoms with Crippen molar-refractivity contribution in [3.63, 3.8) is 0 Å². The summed E-state index contributed by atoms with van der Waals surface area (Å²) in [7, 11) is -1.54. The van der Waals surface area contributed by atoms with Gasteiger partial charge in [0, 0.05) is 11.3 Å². The van der Waals surface area contributed by atoms with Gasteiger partial charge in [0.15, 0.2) is 16.4 Å². The quantitative estimate of drug-likeness (QED) is 0.703. The molecule has 0 aromatic heterocycles. The zero-order valence-corrected chi connectivity index (χ0v) is 16.2. The maximum Gasteiger partial charge on any atom is 0.279 e. The Morgan fingerprint density at radius 2 is 1.81 bits per heavy atom. The fraction of sp³-hybridized carbons (Fsp3) is 0.278. The summed E-state index contributed by atoms with van der Waals surface area (Å²) in [5.74, 6) is 0.457. The molecule has 1 amide bonds. The van der Waals surface area contributed by atoms with Crippen molar-refractivity contribution in [1.82, 2.24) is 0 Å². The molecule has 1 unspecified atom stereocenters. The predicted molar refractivity (Wildman–Crippen MR) is 102 cm³/mol. The maximum atomic E-state index is 12.2. The third kappa shape index (κ3) is 6.33. The van der Waals surface area contributed by atoms with Crippen molar-refractivity contribution in [2.75, 3.05) is 38.3 Å². The summed E-state index contributed by atoms with van der Waals surface area (Å²) in [5, 5.41) is 3.31. The van der Waals surface area contributed by atoms with Crippen molar-refractivity contribution >= 4 is 33.0 Å². The highest BCUT2D eigenvalue weighted by atomic mass is 35.5. The Morgan fingerprint density at radius 3 is 2.46 bits per heavy atom. The number of ether oxygens (including phenoxy) is 1. The molecule has 0 aliphatic rings. The first kappa shape index (κ1) is 20.2. The third-order valence-corrected chi connectivity index (χ3v) is 5.04. The number of nitrogens with one attached hydrogen (secondary N) is 2. The molecule has 2 aromatic carbocycles. The van der Waals surface area contributed by atoms with Gasteiger partial charge in [0.2, 0.25) is 0 Å². The fourth-order valence-electron chi connectivity index (χ4n) is 2.32. The summed E-state index contributed by atoms with van der Waals surface area (Å²) >= 11 is 5.82. The highest BCUT2D eigenvalue weighted by molar-refractivity contribution is 7.90. The minimum absolute atomic E-state index is 0.108. The average Bonchev–Trinajstić information content (AvgIpc) is 2.56. The number of sulfone groups is 1. The molecule has 6 nitrogen and oxygen atoms in total. The van der Waals surface area contributed by atoms with Crippen molar-refractivity contribution in [3.05, 3.63) is 53.6 Å². The number of benzene rings is 2.